The van der Waals surface area contributed by atoms with E-state index in [1.807, 2.05) is 31.3 Å². The topological polar surface area (TPSA) is 20.2 Å². The Bertz CT molecular complexity index is 936. The molecule has 0 spiro atoms. The molecule has 0 radical (unpaired) electrons. The zero-order valence-electron chi connectivity index (χ0n) is 15.8. The molecule has 2 heterocycles. The molecular weight excluding hydrogens is 363 g/mol. The maximum Gasteiger partial charge on any atom is 0.401 e. The van der Waals surface area contributed by atoms with E-state index in [-0.39, 0.29) is 5.92 Å². The van der Waals surface area contributed by atoms with Crippen LogP contribution in [0.5, 0.6) is 0 Å². The van der Waals surface area contributed by atoms with E-state index >= 15 is 0 Å². The lowest BCUT2D eigenvalue weighted by Gasteiger charge is -2.32. The van der Waals surface area contributed by atoms with Crippen LogP contribution in [0.25, 0.3) is 16.6 Å². The summed E-state index contributed by atoms with van der Waals surface area (Å²) in [6.07, 6.45) is -0.447. The fourth-order valence-electron chi connectivity index (χ4n) is 4.19. The number of aromatic nitrogens is 1. The first-order chi connectivity index (χ1) is 13.4. The van der Waals surface area contributed by atoms with Crippen LogP contribution in [0.1, 0.15) is 24.3 Å². The Balaban J connectivity index is 1.62. The number of hydrogen-bond acceptors (Lipinski definition) is 2. The van der Waals surface area contributed by atoms with Gasteiger partial charge in [-0.3, -0.25) is 4.90 Å². The lowest BCUT2D eigenvalue weighted by Crippen LogP contribution is -2.39. The third-order valence-electron chi connectivity index (χ3n) is 5.61. The number of hydrogen-bond donors (Lipinski definition) is 1. The monoisotopic (exact) mass is 387 g/mol. The van der Waals surface area contributed by atoms with Gasteiger partial charge in [-0.1, -0.05) is 18.2 Å². The van der Waals surface area contributed by atoms with E-state index in [1.165, 1.54) is 15.8 Å². The van der Waals surface area contributed by atoms with Gasteiger partial charge in [0.15, 0.2) is 0 Å². The van der Waals surface area contributed by atoms with Crippen LogP contribution in [0.3, 0.4) is 0 Å². The van der Waals surface area contributed by atoms with Crippen LogP contribution in [-0.4, -0.2) is 42.3 Å². The van der Waals surface area contributed by atoms with Gasteiger partial charge in [0.2, 0.25) is 0 Å². The number of nitrogens with zero attached hydrogens (tertiary/aromatic N) is 2. The number of piperidine rings is 1. The molecule has 0 saturated carbocycles. The second kappa shape index (κ2) is 7.51. The molecule has 1 aliphatic rings. The third-order valence-corrected chi connectivity index (χ3v) is 5.61. The highest BCUT2D eigenvalue weighted by molar-refractivity contribution is 5.86. The number of para-hydroxylation sites is 1. The van der Waals surface area contributed by atoms with Crippen molar-refractivity contribution in [2.24, 2.45) is 0 Å². The molecule has 3 aromatic rings. The zero-order valence-corrected chi connectivity index (χ0v) is 15.8. The summed E-state index contributed by atoms with van der Waals surface area (Å²) in [5.74, 6) is 0.284. The number of anilines is 1. The quantitative estimate of drug-likeness (QED) is 0.646. The van der Waals surface area contributed by atoms with Crippen molar-refractivity contribution in [2.45, 2.75) is 24.9 Å². The van der Waals surface area contributed by atoms with Crippen LogP contribution in [0, 0.1) is 0 Å². The minimum atomic E-state index is -4.12. The van der Waals surface area contributed by atoms with Gasteiger partial charge in [-0.15, -0.1) is 0 Å². The van der Waals surface area contributed by atoms with Gasteiger partial charge < -0.3 is 9.88 Å². The average Bonchev–Trinajstić information content (AvgIpc) is 3.07. The van der Waals surface area contributed by atoms with Gasteiger partial charge in [-0.05, 0) is 67.7 Å². The zero-order chi connectivity index (χ0) is 19.7. The van der Waals surface area contributed by atoms with E-state index in [0.29, 0.717) is 13.1 Å². The first-order valence-electron chi connectivity index (χ1n) is 9.62. The molecule has 1 fully saturated rings. The van der Waals surface area contributed by atoms with Gasteiger partial charge >= 0.3 is 6.18 Å². The minimum absolute atomic E-state index is 0.284. The minimum Gasteiger partial charge on any atom is -0.388 e. The molecule has 4 rings (SSSR count). The first kappa shape index (κ1) is 18.9. The molecule has 1 N–H and O–H groups in total. The average molecular weight is 387 g/mol. The smallest absolute Gasteiger partial charge is 0.388 e. The maximum absolute atomic E-state index is 12.7. The number of rotatable bonds is 4. The molecule has 0 atom stereocenters. The summed E-state index contributed by atoms with van der Waals surface area (Å²) in [5, 5.41) is 4.32. The first-order valence-corrected chi connectivity index (χ1v) is 9.62. The molecule has 6 heteroatoms. The fourth-order valence-corrected chi connectivity index (χ4v) is 4.19. The van der Waals surface area contributed by atoms with E-state index in [9.17, 15) is 13.2 Å². The van der Waals surface area contributed by atoms with E-state index in [1.54, 1.807) is 0 Å². The predicted molar refractivity (Wildman–Crippen MR) is 107 cm³/mol. The number of likely N-dealkylation sites (tertiary alicyclic amines) is 1. The fraction of sp³-hybridized carbons (Fsp3) is 0.364. The number of benzene rings is 2. The van der Waals surface area contributed by atoms with Crippen molar-refractivity contribution >= 4 is 16.6 Å². The standard InChI is InChI=1S/C22H24F3N3/c1-26-17-6-8-18(9-7-17)28-14-20(19-4-2-3-5-21(19)28)16-10-12-27(13-11-16)15-22(23,24)25/h2-9,14,16,26H,10-13,15H2,1H3. The Morgan fingerprint density at radius 1 is 1.00 bits per heavy atom. The second-order valence-corrected chi connectivity index (χ2v) is 7.43. The van der Waals surface area contributed by atoms with Crippen molar-refractivity contribution in [1.29, 1.82) is 0 Å². The SMILES string of the molecule is CNc1ccc(-n2cc(C3CCN(CC(F)(F)F)CC3)c3ccccc32)cc1. The number of halogens is 3. The van der Waals surface area contributed by atoms with Crippen molar-refractivity contribution in [1.82, 2.24) is 9.47 Å². The van der Waals surface area contributed by atoms with E-state index in [4.69, 9.17) is 0 Å². The molecule has 1 saturated heterocycles. The molecule has 3 nitrogen and oxygen atoms in total. The van der Waals surface area contributed by atoms with Gasteiger partial charge in [0.1, 0.15) is 0 Å². The van der Waals surface area contributed by atoms with Gasteiger partial charge in [-0.25, -0.2) is 0 Å². The maximum atomic E-state index is 12.7. The van der Waals surface area contributed by atoms with Crippen molar-refractivity contribution < 1.29 is 13.2 Å². The van der Waals surface area contributed by atoms with Gasteiger partial charge in [0, 0.05) is 30.0 Å². The Labute approximate surface area is 162 Å². The van der Waals surface area contributed by atoms with Gasteiger partial charge in [0.05, 0.1) is 12.1 Å². The Morgan fingerprint density at radius 3 is 2.32 bits per heavy atom. The second-order valence-electron chi connectivity index (χ2n) is 7.43. The Kier molecular flexibility index (Phi) is 5.06. The molecule has 0 unspecified atom stereocenters. The van der Waals surface area contributed by atoms with Crippen LogP contribution < -0.4 is 5.32 Å². The number of fused-ring (bicyclic) bond motifs is 1. The summed E-state index contributed by atoms with van der Waals surface area (Å²) in [6.45, 7) is 0.167. The van der Waals surface area contributed by atoms with E-state index in [2.05, 4.69) is 40.3 Å². The molecule has 1 aromatic heterocycles. The van der Waals surface area contributed by atoms with Crippen LogP contribution in [0.15, 0.2) is 54.7 Å². The highest BCUT2D eigenvalue weighted by atomic mass is 19.4. The summed E-state index contributed by atoms with van der Waals surface area (Å²) in [5.41, 5.74) is 4.50. The molecule has 148 valence electrons. The predicted octanol–water partition coefficient (Wildman–Crippen LogP) is 5.41. The molecule has 28 heavy (non-hydrogen) atoms. The summed E-state index contributed by atoms with van der Waals surface area (Å²) in [7, 11) is 1.89. The van der Waals surface area contributed by atoms with Crippen molar-refractivity contribution in [3.8, 4) is 5.69 Å². The summed E-state index contributed by atoms with van der Waals surface area (Å²) >= 11 is 0. The van der Waals surface area contributed by atoms with E-state index in [0.717, 1.165) is 29.7 Å². The molecular formula is C22H24F3N3. The summed E-state index contributed by atoms with van der Waals surface area (Å²) in [4.78, 5) is 1.52. The van der Waals surface area contributed by atoms with Crippen LogP contribution in [0.2, 0.25) is 0 Å². The summed E-state index contributed by atoms with van der Waals surface area (Å²) < 4.78 is 40.2. The lowest BCUT2D eigenvalue weighted by molar-refractivity contribution is -0.147. The normalized spacial score (nSPS) is 16.6. The number of nitrogens with one attached hydrogen (secondary N) is 1. The van der Waals surface area contributed by atoms with Crippen molar-refractivity contribution in [3.05, 3.63) is 60.3 Å². The Morgan fingerprint density at radius 2 is 1.68 bits per heavy atom. The van der Waals surface area contributed by atoms with Gasteiger partial charge in [-0.2, -0.15) is 13.2 Å². The summed E-state index contributed by atoms with van der Waals surface area (Å²) in [6, 6.07) is 16.5. The van der Waals surface area contributed by atoms with Gasteiger partial charge in [0.25, 0.3) is 0 Å². The molecule has 0 bridgehead atoms. The van der Waals surface area contributed by atoms with Crippen LogP contribution >= 0.6 is 0 Å². The Hall–Kier alpha value is -2.47. The molecule has 0 aliphatic carbocycles. The third kappa shape index (κ3) is 3.87. The molecule has 1 aliphatic heterocycles. The van der Waals surface area contributed by atoms with Crippen molar-refractivity contribution in [2.75, 3.05) is 32.0 Å². The number of alkyl halides is 3. The van der Waals surface area contributed by atoms with E-state index < -0.39 is 12.7 Å². The highest BCUT2D eigenvalue weighted by Gasteiger charge is 2.33. The van der Waals surface area contributed by atoms with Crippen molar-refractivity contribution in [3.63, 3.8) is 0 Å². The lowest BCUT2D eigenvalue weighted by atomic mass is 9.89. The van der Waals surface area contributed by atoms with Crippen LogP contribution in [0.4, 0.5) is 18.9 Å². The molecule has 0 amide bonds. The molecule has 2 aromatic carbocycles. The highest BCUT2D eigenvalue weighted by Crippen LogP contribution is 2.36. The van der Waals surface area contributed by atoms with Crippen LogP contribution in [-0.2, 0) is 0 Å². The largest absolute Gasteiger partial charge is 0.401 e.